The van der Waals surface area contributed by atoms with Crippen LogP contribution in [0.3, 0.4) is 0 Å². The van der Waals surface area contributed by atoms with Crippen molar-refractivity contribution in [3.8, 4) is 11.7 Å². The van der Waals surface area contributed by atoms with E-state index in [1.165, 1.54) is 12.3 Å². The second-order valence-electron chi connectivity index (χ2n) is 5.79. The lowest BCUT2D eigenvalue weighted by molar-refractivity contribution is -0.139. The summed E-state index contributed by atoms with van der Waals surface area (Å²) in [6, 6.07) is 3.40. The van der Waals surface area contributed by atoms with Gasteiger partial charge >= 0.3 is 5.97 Å². The van der Waals surface area contributed by atoms with E-state index in [9.17, 15) is 4.79 Å². The Hall–Kier alpha value is -2.87. The average Bonchev–Trinajstić information content (AvgIpc) is 3.38. The summed E-state index contributed by atoms with van der Waals surface area (Å²) < 4.78 is 17.4. The minimum absolute atomic E-state index is 0.140. The Kier molecular flexibility index (Phi) is 6.08. The minimum Gasteiger partial charge on any atom is -0.459 e. The van der Waals surface area contributed by atoms with E-state index >= 15 is 0 Å². The van der Waals surface area contributed by atoms with Crippen molar-refractivity contribution >= 4 is 23.6 Å². The van der Waals surface area contributed by atoms with E-state index in [1.54, 1.807) is 22.9 Å². The highest BCUT2D eigenvalue weighted by Crippen LogP contribution is 2.22. The maximum absolute atomic E-state index is 11.9. The summed E-state index contributed by atoms with van der Waals surface area (Å²) in [6.07, 6.45) is 6.42. The average molecular weight is 391 g/mol. The number of ether oxygens (including phenoxy) is 1. The monoisotopic (exact) mass is 390 g/mol. The number of hydrogen-bond acceptors (Lipinski definition) is 7. The third-order valence-electron chi connectivity index (χ3n) is 3.76. The number of rotatable bonds is 8. The van der Waals surface area contributed by atoms with Crippen molar-refractivity contribution in [2.24, 2.45) is 0 Å². The maximum Gasteiger partial charge on any atom is 0.331 e. The molecule has 8 nitrogen and oxygen atoms in total. The van der Waals surface area contributed by atoms with Gasteiger partial charge in [0.25, 0.3) is 11.8 Å². The molecule has 0 fully saturated rings. The van der Waals surface area contributed by atoms with Crippen molar-refractivity contribution < 1.29 is 18.4 Å². The number of carbonyl (C=O) groups excluding carboxylic acids is 1. The lowest BCUT2D eigenvalue weighted by atomic mass is 10.2. The van der Waals surface area contributed by atoms with Gasteiger partial charge in [-0.3, -0.25) is 4.68 Å². The summed E-state index contributed by atoms with van der Waals surface area (Å²) in [4.78, 5) is 11.9. The van der Waals surface area contributed by atoms with Crippen LogP contribution in [0.4, 0.5) is 0 Å². The molecule has 0 aliphatic heterocycles. The van der Waals surface area contributed by atoms with Gasteiger partial charge in [0.1, 0.15) is 5.15 Å². The lowest BCUT2D eigenvalue weighted by Crippen LogP contribution is -2.01. The van der Waals surface area contributed by atoms with Gasteiger partial charge in [0.2, 0.25) is 0 Å². The molecule has 0 aliphatic carbocycles. The zero-order valence-electron chi connectivity index (χ0n) is 15.0. The number of carbonyl (C=O) groups is 1. The number of aromatic nitrogens is 4. The second-order valence-corrected chi connectivity index (χ2v) is 6.14. The highest BCUT2D eigenvalue weighted by Gasteiger charge is 2.13. The maximum atomic E-state index is 11.9. The van der Waals surface area contributed by atoms with Crippen LogP contribution in [0.15, 0.2) is 33.3 Å². The number of halogens is 1. The molecule has 0 unspecified atom stereocenters. The van der Waals surface area contributed by atoms with Gasteiger partial charge in [0.15, 0.2) is 12.4 Å². The second kappa shape index (κ2) is 8.68. The van der Waals surface area contributed by atoms with Gasteiger partial charge in [0.05, 0.1) is 12.0 Å². The summed E-state index contributed by atoms with van der Waals surface area (Å²) >= 11 is 6.33. The van der Waals surface area contributed by atoms with Crippen LogP contribution in [0.2, 0.25) is 5.15 Å². The third kappa shape index (κ3) is 4.65. The first-order valence-corrected chi connectivity index (χ1v) is 8.90. The van der Waals surface area contributed by atoms with Gasteiger partial charge in [-0.15, -0.1) is 10.2 Å². The number of nitrogens with zero attached hydrogens (tertiary/aromatic N) is 4. The van der Waals surface area contributed by atoms with E-state index in [-0.39, 0.29) is 18.4 Å². The van der Waals surface area contributed by atoms with Crippen molar-refractivity contribution in [1.29, 1.82) is 0 Å². The predicted octanol–water partition coefficient (Wildman–Crippen LogP) is 4.04. The molecule has 3 aromatic heterocycles. The van der Waals surface area contributed by atoms with Crippen LogP contribution in [0, 0.1) is 6.92 Å². The zero-order chi connectivity index (χ0) is 19.2. The lowest BCUT2D eigenvalue weighted by Gasteiger charge is -2.00. The summed E-state index contributed by atoms with van der Waals surface area (Å²) in [5, 5.41) is 12.5. The molecule has 0 spiro atoms. The van der Waals surface area contributed by atoms with E-state index in [1.807, 2.05) is 6.92 Å². The fraction of sp³-hybridized carbons (Fsp3) is 0.333. The first-order valence-electron chi connectivity index (χ1n) is 8.52. The Bertz CT molecular complexity index is 927. The van der Waals surface area contributed by atoms with Crippen LogP contribution in [0.25, 0.3) is 17.7 Å². The highest BCUT2D eigenvalue weighted by atomic mass is 35.5. The van der Waals surface area contributed by atoms with Crippen molar-refractivity contribution in [3.63, 3.8) is 0 Å². The van der Waals surface area contributed by atoms with Crippen molar-refractivity contribution in [3.05, 3.63) is 46.8 Å². The molecule has 0 saturated heterocycles. The van der Waals surface area contributed by atoms with Gasteiger partial charge < -0.3 is 13.6 Å². The summed E-state index contributed by atoms with van der Waals surface area (Å²) in [6.45, 7) is 4.54. The van der Waals surface area contributed by atoms with Gasteiger partial charge in [-0.25, -0.2) is 4.79 Å². The molecular formula is C18H19ClN4O4. The molecule has 0 radical (unpaired) electrons. The van der Waals surface area contributed by atoms with E-state index < -0.39 is 5.97 Å². The Balaban J connectivity index is 1.57. The van der Waals surface area contributed by atoms with Gasteiger partial charge in [-0.2, -0.15) is 5.10 Å². The van der Waals surface area contributed by atoms with Gasteiger partial charge in [-0.05, 0) is 31.6 Å². The molecule has 0 amide bonds. The molecule has 142 valence electrons. The van der Waals surface area contributed by atoms with Crippen LogP contribution < -0.4 is 0 Å². The minimum atomic E-state index is -0.551. The largest absolute Gasteiger partial charge is 0.459 e. The van der Waals surface area contributed by atoms with Gasteiger partial charge in [0, 0.05) is 18.2 Å². The van der Waals surface area contributed by atoms with Crippen LogP contribution in [0.1, 0.15) is 36.9 Å². The normalized spacial score (nSPS) is 11.4. The van der Waals surface area contributed by atoms with Gasteiger partial charge in [-0.1, -0.05) is 24.9 Å². The fourth-order valence-corrected chi connectivity index (χ4v) is 2.68. The summed E-state index contributed by atoms with van der Waals surface area (Å²) in [5.41, 5.74) is 1.45. The smallest absolute Gasteiger partial charge is 0.331 e. The molecule has 9 heteroatoms. The van der Waals surface area contributed by atoms with E-state index in [2.05, 4.69) is 22.2 Å². The summed E-state index contributed by atoms with van der Waals surface area (Å²) in [5.74, 6) is 0.294. The predicted molar refractivity (Wildman–Crippen MR) is 97.7 cm³/mol. The Labute approximate surface area is 160 Å². The number of furan rings is 1. The number of unbranched alkanes of at least 4 members (excludes halogenated alkanes) is 1. The first kappa shape index (κ1) is 18.9. The van der Waals surface area contributed by atoms with E-state index in [0.717, 1.165) is 25.1 Å². The molecule has 27 heavy (non-hydrogen) atoms. The Morgan fingerprint density at radius 3 is 3.00 bits per heavy atom. The van der Waals surface area contributed by atoms with Crippen LogP contribution >= 0.6 is 11.6 Å². The molecule has 0 saturated carbocycles. The first-order chi connectivity index (χ1) is 13.1. The topological polar surface area (TPSA) is 96.2 Å². The SMILES string of the molecule is CCCCn1nc(C)c(/C=C/C(=O)OCc2nnc(-c3ccco3)o2)c1Cl. The molecule has 0 bridgehead atoms. The molecular weight excluding hydrogens is 372 g/mol. The third-order valence-corrected chi connectivity index (χ3v) is 4.15. The molecule has 0 N–H and O–H groups in total. The van der Waals surface area contributed by atoms with Crippen molar-refractivity contribution in [1.82, 2.24) is 20.0 Å². The molecule has 3 heterocycles. The highest BCUT2D eigenvalue weighted by molar-refractivity contribution is 6.31. The molecule has 3 rings (SSSR count). The van der Waals surface area contributed by atoms with Crippen molar-refractivity contribution in [2.75, 3.05) is 0 Å². The van der Waals surface area contributed by atoms with E-state index in [0.29, 0.717) is 16.5 Å². The molecule has 0 aromatic carbocycles. The quantitative estimate of drug-likeness (QED) is 0.423. The number of esters is 1. The molecule has 3 aromatic rings. The Morgan fingerprint density at radius 2 is 2.26 bits per heavy atom. The van der Waals surface area contributed by atoms with Crippen LogP contribution in [-0.4, -0.2) is 25.9 Å². The number of aryl methyl sites for hydroxylation is 2. The molecule has 0 atom stereocenters. The summed E-state index contributed by atoms with van der Waals surface area (Å²) in [7, 11) is 0. The van der Waals surface area contributed by atoms with Crippen molar-refractivity contribution in [2.45, 2.75) is 39.8 Å². The standard InChI is InChI=1S/C18H19ClN4O4/c1-3-4-9-23-17(19)13(12(2)22-23)7-8-16(24)26-11-15-20-21-18(27-15)14-6-5-10-25-14/h5-8,10H,3-4,9,11H2,1-2H3/b8-7+. The van der Waals surface area contributed by atoms with E-state index in [4.69, 9.17) is 25.2 Å². The van der Waals surface area contributed by atoms with Crippen LogP contribution in [0.5, 0.6) is 0 Å². The number of hydrogen-bond donors (Lipinski definition) is 0. The zero-order valence-corrected chi connectivity index (χ0v) is 15.8. The molecule has 0 aliphatic rings. The fourth-order valence-electron chi connectivity index (χ4n) is 2.36. The van der Waals surface area contributed by atoms with Crippen LogP contribution in [-0.2, 0) is 22.7 Å². The Morgan fingerprint density at radius 1 is 1.41 bits per heavy atom.